The molecule has 0 unspecified atom stereocenters. The number of sulfonamides is 1. The quantitative estimate of drug-likeness (QED) is 0.251. The highest BCUT2D eigenvalue weighted by atomic mass is 32.2. The molecule has 3 heterocycles. The number of hydrogen-bond donors (Lipinski definition) is 1. The minimum absolute atomic E-state index is 0.283. The second kappa shape index (κ2) is 10.8. The number of nitrogens with zero attached hydrogens (tertiary/aromatic N) is 3. The molecule has 0 aliphatic heterocycles. The Hall–Kier alpha value is -5.16. The normalized spacial score (nSPS) is 11.8. The Morgan fingerprint density at radius 3 is 2.31 bits per heavy atom. The van der Waals surface area contributed by atoms with E-state index in [4.69, 9.17) is 4.42 Å². The fourth-order valence-electron chi connectivity index (χ4n) is 5.69. The average molecular weight is 627 g/mol. The number of anilines is 1. The number of nitrogens with one attached hydrogen (secondary N) is 1. The van der Waals surface area contributed by atoms with Crippen molar-refractivity contribution in [2.24, 2.45) is 14.1 Å². The maximum absolute atomic E-state index is 14.7. The van der Waals surface area contributed by atoms with Crippen LogP contribution in [0.25, 0.3) is 55.6 Å². The lowest BCUT2D eigenvalue weighted by Gasteiger charge is -2.21. The summed E-state index contributed by atoms with van der Waals surface area (Å²) >= 11 is 0. The number of carbonyl (C=O) groups excluding carboxylic acids is 1. The maximum atomic E-state index is 14.7. The highest BCUT2D eigenvalue weighted by Crippen LogP contribution is 2.42. The number of furan rings is 1. The van der Waals surface area contributed by atoms with E-state index in [9.17, 15) is 22.4 Å². The van der Waals surface area contributed by atoms with E-state index in [2.05, 4.69) is 5.32 Å². The van der Waals surface area contributed by atoms with E-state index in [1.807, 2.05) is 31.2 Å². The summed E-state index contributed by atoms with van der Waals surface area (Å²) in [6, 6.07) is 18.9. The molecule has 230 valence electrons. The summed E-state index contributed by atoms with van der Waals surface area (Å²) in [5.74, 6) is -0.442. The number of aryl methyl sites for hydroxylation is 3. The van der Waals surface area contributed by atoms with E-state index in [1.54, 1.807) is 61.3 Å². The van der Waals surface area contributed by atoms with Gasteiger partial charge in [-0.15, -0.1) is 0 Å². The van der Waals surface area contributed by atoms with Crippen LogP contribution in [-0.4, -0.2) is 43.8 Å². The Bertz CT molecular complexity index is 2330. The second-order valence-corrected chi connectivity index (χ2v) is 13.2. The lowest BCUT2D eigenvalue weighted by Crippen LogP contribution is -2.25. The molecule has 0 atom stereocenters. The number of carbonyl (C=O) groups is 1. The summed E-state index contributed by atoms with van der Waals surface area (Å²) in [4.78, 5) is 26.8. The number of aromatic nitrogens is 2. The van der Waals surface area contributed by atoms with Gasteiger partial charge in [0.1, 0.15) is 17.2 Å². The number of rotatable bonds is 6. The average Bonchev–Trinajstić information content (AvgIpc) is 3.55. The van der Waals surface area contributed by atoms with Crippen molar-refractivity contribution in [1.82, 2.24) is 14.5 Å². The lowest BCUT2D eigenvalue weighted by molar-refractivity contribution is 0.0964. The fraction of sp³-hybridized carbons (Fsp3) is 0.176. The molecule has 0 aliphatic carbocycles. The molecule has 6 aromatic rings. The number of fused-ring (bicyclic) bond motifs is 2. The van der Waals surface area contributed by atoms with Crippen LogP contribution in [0.4, 0.5) is 10.1 Å². The van der Waals surface area contributed by atoms with Gasteiger partial charge in [0.2, 0.25) is 10.0 Å². The monoisotopic (exact) mass is 626 g/mol. The summed E-state index contributed by atoms with van der Waals surface area (Å²) in [5.41, 5.74) is 4.64. The van der Waals surface area contributed by atoms with Crippen LogP contribution in [0.3, 0.4) is 0 Å². The Labute approximate surface area is 259 Å². The molecule has 45 heavy (non-hydrogen) atoms. The predicted molar refractivity (Wildman–Crippen MR) is 176 cm³/mol. The van der Waals surface area contributed by atoms with Crippen LogP contribution in [0.15, 0.2) is 82.1 Å². The smallest absolute Gasteiger partial charge is 0.259 e. The topological polar surface area (TPSA) is 107 Å². The van der Waals surface area contributed by atoms with Crippen LogP contribution in [0.5, 0.6) is 0 Å². The van der Waals surface area contributed by atoms with E-state index >= 15 is 0 Å². The van der Waals surface area contributed by atoms with Crippen molar-refractivity contribution in [3.05, 3.63) is 100 Å². The van der Waals surface area contributed by atoms with Crippen molar-refractivity contribution in [1.29, 1.82) is 0 Å². The largest absolute Gasteiger partial charge is 0.455 e. The maximum Gasteiger partial charge on any atom is 0.259 e. The van der Waals surface area contributed by atoms with E-state index in [1.165, 1.54) is 24.7 Å². The van der Waals surface area contributed by atoms with Crippen LogP contribution in [0, 0.1) is 12.7 Å². The second-order valence-electron chi connectivity index (χ2n) is 11.2. The zero-order chi connectivity index (χ0) is 32.4. The Kier molecular flexibility index (Phi) is 7.16. The van der Waals surface area contributed by atoms with Gasteiger partial charge >= 0.3 is 0 Å². The number of halogens is 1. The van der Waals surface area contributed by atoms with Crippen LogP contribution < -0.4 is 15.2 Å². The third-order valence-electron chi connectivity index (χ3n) is 8.21. The first-order valence-corrected chi connectivity index (χ1v) is 15.9. The van der Waals surface area contributed by atoms with E-state index in [0.29, 0.717) is 61.1 Å². The summed E-state index contributed by atoms with van der Waals surface area (Å²) < 4.78 is 51.0. The molecule has 0 saturated heterocycles. The predicted octanol–water partition coefficient (Wildman–Crippen LogP) is 5.83. The van der Waals surface area contributed by atoms with Crippen molar-refractivity contribution >= 4 is 43.5 Å². The van der Waals surface area contributed by atoms with Crippen LogP contribution in [-0.2, 0) is 24.1 Å². The first-order chi connectivity index (χ1) is 21.3. The van der Waals surface area contributed by atoms with Crippen LogP contribution in [0.2, 0.25) is 0 Å². The fourth-order valence-corrected chi connectivity index (χ4v) is 6.19. The van der Waals surface area contributed by atoms with Gasteiger partial charge in [-0.3, -0.25) is 13.9 Å². The third kappa shape index (κ3) is 4.98. The van der Waals surface area contributed by atoms with Gasteiger partial charge in [0.05, 0.1) is 34.3 Å². The molecule has 3 aromatic heterocycles. The minimum Gasteiger partial charge on any atom is -0.455 e. The Balaban J connectivity index is 1.68. The molecule has 11 heteroatoms. The van der Waals surface area contributed by atoms with Gasteiger partial charge < -0.3 is 18.9 Å². The van der Waals surface area contributed by atoms with Crippen LogP contribution >= 0.6 is 0 Å². The van der Waals surface area contributed by atoms with E-state index < -0.39 is 15.8 Å². The molecule has 1 amide bonds. The number of pyridine rings is 1. The summed E-state index contributed by atoms with van der Waals surface area (Å²) in [6.07, 6.45) is 2.70. The van der Waals surface area contributed by atoms with Crippen molar-refractivity contribution in [2.45, 2.75) is 6.92 Å². The van der Waals surface area contributed by atoms with Gasteiger partial charge in [0.25, 0.3) is 11.5 Å². The van der Waals surface area contributed by atoms with Gasteiger partial charge in [-0.2, -0.15) is 0 Å². The lowest BCUT2D eigenvalue weighted by atomic mass is 9.98. The molecule has 0 aliphatic rings. The molecule has 0 saturated carbocycles. The highest BCUT2D eigenvalue weighted by molar-refractivity contribution is 7.92. The summed E-state index contributed by atoms with van der Waals surface area (Å²) in [7, 11) is 2.56. The van der Waals surface area contributed by atoms with Gasteiger partial charge in [-0.1, -0.05) is 35.9 Å². The SMILES string of the molecule is CNC(=O)c1c(-c2ccc(C)cc2)oc2cc(N(C)S(C)(=O)=O)c(-c3cc(-c4cc5c(F)cccc5n4C)c(=O)n(C)c3)cc12. The molecule has 0 radical (unpaired) electrons. The van der Waals surface area contributed by atoms with Crippen molar-refractivity contribution in [3.63, 3.8) is 0 Å². The van der Waals surface area contributed by atoms with E-state index in [-0.39, 0.29) is 17.2 Å². The van der Waals surface area contributed by atoms with Crippen LogP contribution in [0.1, 0.15) is 15.9 Å². The van der Waals surface area contributed by atoms with Crippen molar-refractivity contribution in [3.8, 4) is 33.7 Å². The molecule has 9 nitrogen and oxygen atoms in total. The molecule has 1 N–H and O–H groups in total. The molecular weight excluding hydrogens is 595 g/mol. The zero-order valence-corrected chi connectivity index (χ0v) is 26.4. The molecule has 0 spiro atoms. The minimum atomic E-state index is -3.75. The summed E-state index contributed by atoms with van der Waals surface area (Å²) in [6.45, 7) is 1.96. The van der Waals surface area contributed by atoms with Gasteiger partial charge in [0.15, 0.2) is 0 Å². The van der Waals surface area contributed by atoms with Crippen molar-refractivity contribution < 1.29 is 22.0 Å². The molecule has 3 aromatic carbocycles. The first-order valence-electron chi connectivity index (χ1n) is 14.1. The molecular formula is C34H31FN4O5S. The standard InChI is InChI=1S/C34H31FN4O5S/c1-19-10-12-20(13-11-19)32-31(33(40)36-2)25-15-22(29(17-30(25)44-32)39(5)45(6,42)43)21-14-24(34(41)37(3)18-21)28-16-23-26(35)8-7-9-27(23)38(28)4/h7-18H,1-6H3,(H,36,40). The third-order valence-corrected chi connectivity index (χ3v) is 9.41. The summed E-state index contributed by atoms with van der Waals surface area (Å²) in [5, 5.41) is 3.53. The van der Waals surface area contributed by atoms with E-state index in [0.717, 1.165) is 16.1 Å². The molecule has 0 fully saturated rings. The van der Waals surface area contributed by atoms with Gasteiger partial charge in [-0.25, -0.2) is 12.8 Å². The number of amides is 1. The molecule has 0 bridgehead atoms. The number of hydrogen-bond acceptors (Lipinski definition) is 5. The zero-order valence-electron chi connectivity index (χ0n) is 25.6. The van der Waals surface area contributed by atoms with Gasteiger partial charge in [0, 0.05) is 67.9 Å². The van der Waals surface area contributed by atoms with Gasteiger partial charge in [-0.05, 0) is 37.3 Å². The molecule has 6 rings (SSSR count). The Morgan fingerprint density at radius 1 is 0.956 bits per heavy atom. The first kappa shape index (κ1) is 29.9. The number of benzene rings is 3. The highest BCUT2D eigenvalue weighted by Gasteiger charge is 2.27. The van der Waals surface area contributed by atoms with Crippen molar-refractivity contribution in [2.75, 3.05) is 24.7 Å². The Morgan fingerprint density at radius 2 is 1.67 bits per heavy atom.